The fourth-order valence-electron chi connectivity index (χ4n) is 2.96. The molecule has 1 aromatic carbocycles. The number of hydrogen-bond acceptors (Lipinski definition) is 4. The van der Waals surface area contributed by atoms with Gasteiger partial charge in [0.2, 0.25) is 0 Å². The van der Waals surface area contributed by atoms with Crippen molar-refractivity contribution >= 4 is 16.7 Å². The fraction of sp³-hybridized carbons (Fsp3) is 0.526. The molecule has 0 unspecified atom stereocenters. The minimum absolute atomic E-state index is 0.146. The first kappa shape index (κ1) is 20.3. The topological polar surface area (TPSA) is 42.7 Å². The molecule has 4 nitrogen and oxygen atoms in total. The van der Waals surface area contributed by atoms with E-state index in [1.165, 1.54) is 0 Å². The van der Waals surface area contributed by atoms with Crippen molar-refractivity contribution in [1.29, 1.82) is 0 Å². The lowest BCUT2D eigenvalue weighted by atomic mass is 10.1. The third-order valence-corrected chi connectivity index (χ3v) is 4.27. The van der Waals surface area contributed by atoms with Gasteiger partial charge in [-0.05, 0) is 31.4 Å². The number of anilines is 1. The fourth-order valence-corrected chi connectivity index (χ4v) is 2.96. The molecular formula is C19H24F3NO3. The minimum atomic E-state index is -4.57. The van der Waals surface area contributed by atoms with Gasteiger partial charge in [-0.1, -0.05) is 31.4 Å². The normalized spacial score (nSPS) is 11.9. The van der Waals surface area contributed by atoms with Crippen LogP contribution in [-0.4, -0.2) is 26.6 Å². The van der Waals surface area contributed by atoms with E-state index in [0.29, 0.717) is 35.3 Å². The number of alkyl halides is 3. The van der Waals surface area contributed by atoms with E-state index < -0.39 is 11.9 Å². The molecule has 0 aliphatic rings. The molecule has 1 aromatic heterocycles. The predicted octanol–water partition coefficient (Wildman–Crippen LogP) is 5.02. The maximum Gasteiger partial charge on any atom is 0.484 e. The largest absolute Gasteiger partial charge is 0.484 e. The third-order valence-electron chi connectivity index (χ3n) is 4.27. The summed E-state index contributed by atoms with van der Waals surface area (Å²) in [6.07, 6.45) is -0.804. The van der Waals surface area contributed by atoms with Gasteiger partial charge in [-0.25, -0.2) is 4.79 Å². The van der Waals surface area contributed by atoms with E-state index >= 15 is 0 Å². The monoisotopic (exact) mass is 371 g/mol. The van der Waals surface area contributed by atoms with E-state index in [1.54, 1.807) is 32.2 Å². The molecule has 0 radical (unpaired) electrons. The second kappa shape index (κ2) is 9.07. The molecule has 0 atom stereocenters. The van der Waals surface area contributed by atoms with Crippen molar-refractivity contribution in [3.63, 3.8) is 0 Å². The lowest BCUT2D eigenvalue weighted by Gasteiger charge is -2.27. The zero-order valence-corrected chi connectivity index (χ0v) is 15.1. The summed E-state index contributed by atoms with van der Waals surface area (Å²) in [5, 5.41) is 0.294. The van der Waals surface area contributed by atoms with Gasteiger partial charge in [0.05, 0.1) is 5.69 Å². The summed E-state index contributed by atoms with van der Waals surface area (Å²) in [5.41, 5.74) is -0.104. The number of benzene rings is 1. The van der Waals surface area contributed by atoms with Gasteiger partial charge in [0.15, 0.2) is 0 Å². The molecule has 0 spiro atoms. The van der Waals surface area contributed by atoms with Gasteiger partial charge in [0, 0.05) is 31.7 Å². The number of nitrogens with zero attached hydrogens (tertiary/aromatic N) is 1. The molecule has 7 heteroatoms. The lowest BCUT2D eigenvalue weighted by molar-refractivity contribution is -0.129. The van der Waals surface area contributed by atoms with E-state index in [0.717, 1.165) is 25.3 Å². The van der Waals surface area contributed by atoms with Crippen LogP contribution in [0.3, 0.4) is 0 Å². The molecule has 0 aliphatic carbocycles. The Hall–Kier alpha value is -2.02. The van der Waals surface area contributed by atoms with Crippen LogP contribution in [-0.2, 0) is 4.74 Å². The van der Waals surface area contributed by atoms with Crippen molar-refractivity contribution in [1.82, 2.24) is 0 Å². The summed E-state index contributed by atoms with van der Waals surface area (Å²) in [4.78, 5) is 12.1. The summed E-state index contributed by atoms with van der Waals surface area (Å²) < 4.78 is 50.9. The van der Waals surface area contributed by atoms with Crippen molar-refractivity contribution in [3.05, 3.63) is 40.2 Å². The lowest BCUT2D eigenvalue weighted by Crippen LogP contribution is -2.39. The molecule has 0 saturated carbocycles. The average molecular weight is 371 g/mol. The van der Waals surface area contributed by atoms with Gasteiger partial charge in [-0.3, -0.25) is 4.90 Å². The van der Waals surface area contributed by atoms with Crippen molar-refractivity contribution in [2.45, 2.75) is 45.3 Å². The predicted molar refractivity (Wildman–Crippen MR) is 95.6 cm³/mol. The van der Waals surface area contributed by atoms with Crippen LogP contribution in [0.25, 0.3) is 11.0 Å². The number of fused-ring (bicyclic) bond motifs is 1. The quantitative estimate of drug-likeness (QED) is 0.352. The molecule has 26 heavy (non-hydrogen) atoms. The number of halogens is 3. The first-order chi connectivity index (χ1) is 12.3. The maximum absolute atomic E-state index is 13.6. The average Bonchev–Trinajstić information content (AvgIpc) is 2.57. The second-order valence-corrected chi connectivity index (χ2v) is 6.28. The van der Waals surface area contributed by atoms with Gasteiger partial charge in [-0.15, -0.1) is 0 Å². The van der Waals surface area contributed by atoms with Crippen molar-refractivity contribution in [2.24, 2.45) is 0 Å². The standard InChI is InChI=1S/C19H24F3NO3/c1-14-9-8-10-15-16(13-17(24)26-18(14)15)23(19(20,21)22)11-6-4-3-5-7-12-25-2/h8-10,13H,3-7,11-12H2,1-2H3. The Kier molecular flexibility index (Phi) is 7.08. The van der Waals surface area contributed by atoms with Crippen LogP contribution >= 0.6 is 0 Å². The molecule has 0 N–H and O–H groups in total. The van der Waals surface area contributed by atoms with Crippen LogP contribution in [0.15, 0.2) is 33.5 Å². The van der Waals surface area contributed by atoms with Crippen LogP contribution in [0, 0.1) is 6.92 Å². The summed E-state index contributed by atoms with van der Waals surface area (Å²) in [6.45, 7) is 2.17. The highest BCUT2D eigenvalue weighted by Gasteiger charge is 2.38. The molecule has 0 bridgehead atoms. The first-order valence-electron chi connectivity index (χ1n) is 8.71. The number of hydrogen-bond donors (Lipinski definition) is 0. The van der Waals surface area contributed by atoms with Crippen LogP contribution in [0.5, 0.6) is 0 Å². The molecule has 1 heterocycles. The molecule has 0 saturated heterocycles. The third kappa shape index (κ3) is 5.24. The Morgan fingerprint density at radius 3 is 2.50 bits per heavy atom. The number of aryl methyl sites for hydroxylation is 1. The van der Waals surface area contributed by atoms with E-state index in [9.17, 15) is 18.0 Å². The van der Waals surface area contributed by atoms with Gasteiger partial charge < -0.3 is 9.15 Å². The molecule has 0 aliphatic heterocycles. The highest BCUT2D eigenvalue weighted by Crippen LogP contribution is 2.34. The Labute approximate surface area is 150 Å². The van der Waals surface area contributed by atoms with Gasteiger partial charge >= 0.3 is 11.9 Å². The summed E-state index contributed by atoms with van der Waals surface area (Å²) in [5.74, 6) is 0. The van der Waals surface area contributed by atoms with Crippen LogP contribution in [0.2, 0.25) is 0 Å². The van der Waals surface area contributed by atoms with Gasteiger partial charge in [-0.2, -0.15) is 13.2 Å². The summed E-state index contributed by atoms with van der Waals surface area (Å²) in [6, 6.07) is 5.83. The SMILES string of the molecule is COCCCCCCCN(c1cc(=O)oc2c(C)cccc12)C(F)(F)F. The number of unbranched alkanes of at least 4 members (excludes halogenated alkanes) is 4. The van der Waals surface area contributed by atoms with Crippen LogP contribution in [0.4, 0.5) is 18.9 Å². The molecule has 0 amide bonds. The zero-order valence-electron chi connectivity index (χ0n) is 15.1. The van der Waals surface area contributed by atoms with Crippen molar-refractivity contribution in [2.75, 3.05) is 25.2 Å². The summed E-state index contributed by atoms with van der Waals surface area (Å²) in [7, 11) is 1.63. The molecule has 144 valence electrons. The summed E-state index contributed by atoms with van der Waals surface area (Å²) >= 11 is 0. The highest BCUT2D eigenvalue weighted by molar-refractivity contribution is 5.92. The number of para-hydroxylation sites is 1. The Morgan fingerprint density at radius 2 is 1.81 bits per heavy atom. The molecule has 0 fully saturated rings. The van der Waals surface area contributed by atoms with Crippen molar-refractivity contribution in [3.8, 4) is 0 Å². The number of ether oxygens (including phenoxy) is 1. The van der Waals surface area contributed by atoms with Gasteiger partial charge in [0.1, 0.15) is 5.58 Å². The molecule has 2 rings (SSSR count). The Morgan fingerprint density at radius 1 is 1.12 bits per heavy atom. The molecular weight excluding hydrogens is 347 g/mol. The minimum Gasteiger partial charge on any atom is -0.422 e. The first-order valence-corrected chi connectivity index (χ1v) is 8.71. The van der Waals surface area contributed by atoms with Crippen LogP contribution in [0.1, 0.15) is 37.7 Å². The maximum atomic E-state index is 13.6. The number of methoxy groups -OCH3 is 1. The zero-order chi connectivity index (χ0) is 19.2. The van der Waals surface area contributed by atoms with Gasteiger partial charge in [0.25, 0.3) is 0 Å². The van der Waals surface area contributed by atoms with E-state index in [1.807, 2.05) is 0 Å². The second-order valence-electron chi connectivity index (χ2n) is 6.28. The highest BCUT2D eigenvalue weighted by atomic mass is 19.4. The molecule has 2 aromatic rings. The number of rotatable bonds is 9. The Balaban J connectivity index is 2.19. The van der Waals surface area contributed by atoms with Crippen LogP contribution < -0.4 is 10.5 Å². The van der Waals surface area contributed by atoms with Crippen molar-refractivity contribution < 1.29 is 22.3 Å². The van der Waals surface area contributed by atoms with E-state index in [4.69, 9.17) is 9.15 Å². The Bertz CT molecular complexity index is 771. The smallest absolute Gasteiger partial charge is 0.422 e. The van der Waals surface area contributed by atoms with E-state index in [-0.39, 0.29) is 17.8 Å². The van der Waals surface area contributed by atoms with E-state index in [2.05, 4.69) is 0 Å².